The molecule has 1 aromatic carbocycles. The van der Waals surface area contributed by atoms with Crippen LogP contribution in [0, 0.1) is 0 Å². The second kappa shape index (κ2) is 6.68. The fourth-order valence-electron chi connectivity index (χ4n) is 1.82. The quantitative estimate of drug-likeness (QED) is 0.794. The highest BCUT2D eigenvalue weighted by Gasteiger charge is 2.36. The second-order valence-electron chi connectivity index (χ2n) is 6.74. The number of hydrogen-bond donors (Lipinski definition) is 1. The molecule has 3 heteroatoms. The summed E-state index contributed by atoms with van der Waals surface area (Å²) in [4.78, 5) is 0. The smallest absolute Gasteiger partial charge is 0.191 e. The summed E-state index contributed by atoms with van der Waals surface area (Å²) in [6, 6.07) is 10.5. The first-order valence-electron chi connectivity index (χ1n) is 7.17. The summed E-state index contributed by atoms with van der Waals surface area (Å²) in [7, 11) is -1.63. The Hall–Kier alpha value is -0.643. The Morgan fingerprint density at radius 3 is 2.21 bits per heavy atom. The van der Waals surface area contributed by atoms with Crippen LogP contribution in [0.15, 0.2) is 30.3 Å². The van der Waals surface area contributed by atoms with Gasteiger partial charge in [-0.1, -0.05) is 51.1 Å². The highest BCUT2D eigenvalue weighted by molar-refractivity contribution is 6.74. The van der Waals surface area contributed by atoms with Crippen molar-refractivity contribution < 1.29 is 4.43 Å². The van der Waals surface area contributed by atoms with Crippen LogP contribution in [0.25, 0.3) is 0 Å². The molecule has 2 N–H and O–H groups in total. The van der Waals surface area contributed by atoms with E-state index in [1.54, 1.807) is 0 Å². The van der Waals surface area contributed by atoms with Crippen molar-refractivity contribution in [2.24, 2.45) is 5.73 Å². The Kier molecular flexibility index (Phi) is 5.77. The maximum absolute atomic E-state index is 6.23. The molecule has 0 aromatic heterocycles. The van der Waals surface area contributed by atoms with Crippen LogP contribution in [0.1, 0.15) is 38.7 Å². The van der Waals surface area contributed by atoms with Gasteiger partial charge in [-0.25, -0.2) is 0 Å². The Morgan fingerprint density at radius 2 is 1.74 bits per heavy atom. The maximum Gasteiger partial charge on any atom is 0.191 e. The molecule has 0 saturated heterocycles. The van der Waals surface area contributed by atoms with Crippen molar-refractivity contribution >= 4 is 8.32 Å². The number of benzene rings is 1. The van der Waals surface area contributed by atoms with Crippen molar-refractivity contribution in [3.05, 3.63) is 35.9 Å². The van der Waals surface area contributed by atoms with Gasteiger partial charge in [0.1, 0.15) is 0 Å². The minimum atomic E-state index is -1.63. The summed E-state index contributed by atoms with van der Waals surface area (Å²) >= 11 is 0. The van der Waals surface area contributed by atoms with Crippen LogP contribution in [0.3, 0.4) is 0 Å². The maximum atomic E-state index is 6.23. The molecule has 108 valence electrons. The summed E-state index contributed by atoms with van der Waals surface area (Å²) in [5.41, 5.74) is 7.22. The third kappa shape index (κ3) is 4.75. The summed E-state index contributed by atoms with van der Waals surface area (Å²) in [5, 5.41) is 0.276. The van der Waals surface area contributed by atoms with Gasteiger partial charge in [0.2, 0.25) is 0 Å². The fourth-order valence-corrected chi connectivity index (χ4v) is 2.88. The third-order valence-electron chi connectivity index (χ3n) is 4.29. The van der Waals surface area contributed by atoms with Gasteiger partial charge in [-0.15, -0.1) is 0 Å². The molecule has 0 spiro atoms. The average molecular weight is 279 g/mol. The summed E-state index contributed by atoms with van der Waals surface area (Å²) in [6.45, 7) is 12.9. The van der Waals surface area contributed by atoms with Crippen molar-refractivity contribution in [3.8, 4) is 0 Å². The van der Waals surface area contributed by atoms with Crippen molar-refractivity contribution in [2.45, 2.75) is 51.2 Å². The minimum absolute atomic E-state index is 0.276. The zero-order valence-corrected chi connectivity index (χ0v) is 14.1. The monoisotopic (exact) mass is 279 g/mol. The molecule has 0 bridgehead atoms. The average Bonchev–Trinajstić information content (AvgIpc) is 2.34. The third-order valence-corrected chi connectivity index (χ3v) is 8.83. The van der Waals surface area contributed by atoms with Crippen LogP contribution in [0.5, 0.6) is 0 Å². The molecule has 0 aliphatic heterocycles. The molecule has 19 heavy (non-hydrogen) atoms. The van der Waals surface area contributed by atoms with Gasteiger partial charge in [-0.05, 0) is 42.6 Å². The first-order chi connectivity index (χ1) is 8.78. The fraction of sp³-hybridized carbons (Fsp3) is 0.625. The number of hydrogen-bond acceptors (Lipinski definition) is 2. The molecular weight excluding hydrogens is 250 g/mol. The van der Waals surface area contributed by atoms with E-state index in [9.17, 15) is 0 Å². The van der Waals surface area contributed by atoms with E-state index in [2.05, 4.69) is 58.1 Å². The van der Waals surface area contributed by atoms with Gasteiger partial charge in [0, 0.05) is 6.61 Å². The lowest BCUT2D eigenvalue weighted by Crippen LogP contribution is -2.41. The van der Waals surface area contributed by atoms with E-state index in [1.165, 1.54) is 5.56 Å². The van der Waals surface area contributed by atoms with E-state index in [0.29, 0.717) is 12.5 Å². The number of nitrogens with two attached hydrogens (primary N) is 1. The van der Waals surface area contributed by atoms with Crippen molar-refractivity contribution in [2.75, 3.05) is 13.2 Å². The lowest BCUT2D eigenvalue weighted by atomic mass is 9.96. The molecule has 0 saturated carbocycles. The van der Waals surface area contributed by atoms with Gasteiger partial charge in [0.05, 0.1) is 0 Å². The van der Waals surface area contributed by atoms with Gasteiger partial charge in [0.15, 0.2) is 8.32 Å². The van der Waals surface area contributed by atoms with E-state index in [1.807, 2.05) is 6.07 Å². The predicted molar refractivity (Wildman–Crippen MR) is 86.0 cm³/mol. The van der Waals surface area contributed by atoms with E-state index in [0.717, 1.165) is 13.0 Å². The molecule has 1 unspecified atom stereocenters. The highest BCUT2D eigenvalue weighted by Crippen LogP contribution is 2.36. The Balaban J connectivity index is 2.52. The summed E-state index contributed by atoms with van der Waals surface area (Å²) in [6.07, 6.45) is 1.01. The van der Waals surface area contributed by atoms with Crippen LogP contribution in [0.4, 0.5) is 0 Å². The van der Waals surface area contributed by atoms with E-state index in [4.69, 9.17) is 10.2 Å². The zero-order valence-electron chi connectivity index (χ0n) is 13.1. The molecule has 0 aliphatic rings. The Bertz CT molecular complexity index is 370. The molecule has 0 fully saturated rings. The molecule has 1 aromatic rings. The molecular formula is C16H29NOSi. The molecule has 2 nitrogen and oxygen atoms in total. The van der Waals surface area contributed by atoms with Gasteiger partial charge in [-0.2, -0.15) is 0 Å². The normalized spacial score (nSPS) is 14.4. The van der Waals surface area contributed by atoms with E-state index in [-0.39, 0.29) is 5.04 Å². The lowest BCUT2D eigenvalue weighted by molar-refractivity contribution is 0.272. The first-order valence-corrected chi connectivity index (χ1v) is 10.1. The highest BCUT2D eigenvalue weighted by atomic mass is 28.4. The molecule has 0 heterocycles. The van der Waals surface area contributed by atoms with Crippen LogP contribution >= 0.6 is 0 Å². The van der Waals surface area contributed by atoms with Crippen molar-refractivity contribution in [1.82, 2.24) is 0 Å². The minimum Gasteiger partial charge on any atom is -0.417 e. The molecule has 0 radical (unpaired) electrons. The molecule has 0 aliphatic carbocycles. The zero-order chi connectivity index (χ0) is 14.5. The summed E-state index contributed by atoms with van der Waals surface area (Å²) in [5.74, 6) is 0.408. The SMILES string of the molecule is CC(C)(C)[Si](C)(C)OCCC(CN)c1ccccc1. The van der Waals surface area contributed by atoms with Gasteiger partial charge in [0.25, 0.3) is 0 Å². The predicted octanol–water partition coefficient (Wildman–Crippen LogP) is 4.14. The van der Waals surface area contributed by atoms with Gasteiger partial charge in [-0.3, -0.25) is 0 Å². The molecule has 1 rings (SSSR count). The molecule has 0 amide bonds. The van der Waals surface area contributed by atoms with E-state index >= 15 is 0 Å². The standard InChI is InChI=1S/C16H29NOSi/c1-16(2,3)19(4,5)18-12-11-15(13-17)14-9-7-6-8-10-14/h6-10,15H,11-13,17H2,1-5H3. The Labute approximate surface area is 119 Å². The second-order valence-corrected chi connectivity index (χ2v) is 11.6. The van der Waals surface area contributed by atoms with Gasteiger partial charge >= 0.3 is 0 Å². The largest absolute Gasteiger partial charge is 0.417 e. The summed E-state index contributed by atoms with van der Waals surface area (Å²) < 4.78 is 6.23. The van der Waals surface area contributed by atoms with Crippen LogP contribution in [-0.2, 0) is 4.43 Å². The first kappa shape index (κ1) is 16.4. The Morgan fingerprint density at radius 1 is 1.16 bits per heavy atom. The molecule has 1 atom stereocenters. The van der Waals surface area contributed by atoms with E-state index < -0.39 is 8.32 Å². The topological polar surface area (TPSA) is 35.2 Å². The van der Waals surface area contributed by atoms with Crippen molar-refractivity contribution in [3.63, 3.8) is 0 Å². The van der Waals surface area contributed by atoms with Crippen LogP contribution in [-0.4, -0.2) is 21.5 Å². The lowest BCUT2D eigenvalue weighted by Gasteiger charge is -2.36. The number of rotatable bonds is 6. The van der Waals surface area contributed by atoms with Crippen molar-refractivity contribution in [1.29, 1.82) is 0 Å². The van der Waals surface area contributed by atoms with Gasteiger partial charge < -0.3 is 10.2 Å². The van der Waals surface area contributed by atoms with Crippen LogP contribution < -0.4 is 5.73 Å². The van der Waals surface area contributed by atoms with Crippen LogP contribution in [0.2, 0.25) is 18.1 Å².